The first-order chi connectivity index (χ1) is 13.3. The minimum atomic E-state index is -0.140. The maximum absolute atomic E-state index is 14.8. The normalized spacial score (nSPS) is 13.8. The van der Waals surface area contributed by atoms with Crippen molar-refractivity contribution in [2.75, 3.05) is 0 Å². The summed E-state index contributed by atoms with van der Waals surface area (Å²) in [6, 6.07) is 22.2. The maximum atomic E-state index is 14.8. The van der Waals surface area contributed by atoms with Crippen LogP contribution in [0, 0.1) is 5.82 Å². The van der Waals surface area contributed by atoms with Crippen molar-refractivity contribution in [2.45, 2.75) is 19.6 Å². The van der Waals surface area contributed by atoms with Gasteiger partial charge in [-0.3, -0.25) is 9.88 Å². The van der Waals surface area contributed by atoms with Crippen molar-refractivity contribution in [2.24, 2.45) is 0 Å². The fourth-order valence-electron chi connectivity index (χ4n) is 3.87. The molecule has 0 radical (unpaired) electrons. The molecule has 0 unspecified atom stereocenters. The van der Waals surface area contributed by atoms with E-state index in [1.807, 2.05) is 36.5 Å². The SMILES string of the molecule is Fc1cc(-c2ccc3cnccc3c2)ccc1CN1Cc2ccccc2C1. The lowest BCUT2D eigenvalue weighted by atomic mass is 10.0. The van der Waals surface area contributed by atoms with E-state index in [1.165, 1.54) is 11.1 Å². The highest BCUT2D eigenvalue weighted by Crippen LogP contribution is 2.28. The summed E-state index contributed by atoms with van der Waals surface area (Å²) in [5.41, 5.74) is 5.37. The average molecular weight is 354 g/mol. The molecule has 0 amide bonds. The van der Waals surface area contributed by atoms with Gasteiger partial charge < -0.3 is 0 Å². The number of benzene rings is 3. The molecule has 4 aromatic rings. The van der Waals surface area contributed by atoms with Crippen molar-refractivity contribution in [3.05, 3.63) is 102 Å². The summed E-state index contributed by atoms with van der Waals surface area (Å²) in [5.74, 6) is -0.140. The summed E-state index contributed by atoms with van der Waals surface area (Å²) >= 11 is 0. The fourth-order valence-corrected chi connectivity index (χ4v) is 3.87. The van der Waals surface area contributed by atoms with E-state index in [0.29, 0.717) is 6.54 Å². The van der Waals surface area contributed by atoms with Crippen molar-refractivity contribution in [1.29, 1.82) is 0 Å². The van der Waals surface area contributed by atoms with Crippen LogP contribution < -0.4 is 0 Å². The van der Waals surface area contributed by atoms with Gasteiger partial charge in [0.05, 0.1) is 0 Å². The number of hydrogen-bond acceptors (Lipinski definition) is 2. The molecule has 1 aliphatic rings. The smallest absolute Gasteiger partial charge is 0.128 e. The molecule has 0 saturated carbocycles. The topological polar surface area (TPSA) is 16.1 Å². The lowest BCUT2D eigenvalue weighted by Gasteiger charge is -2.16. The largest absolute Gasteiger partial charge is 0.290 e. The molecule has 0 spiro atoms. The van der Waals surface area contributed by atoms with Crippen molar-refractivity contribution in [1.82, 2.24) is 9.88 Å². The number of nitrogens with zero attached hydrogens (tertiary/aromatic N) is 2. The average Bonchev–Trinajstić information content (AvgIpc) is 3.11. The molecule has 0 atom stereocenters. The van der Waals surface area contributed by atoms with Gasteiger partial charge in [0.1, 0.15) is 5.82 Å². The molecular weight excluding hydrogens is 335 g/mol. The van der Waals surface area contributed by atoms with E-state index in [9.17, 15) is 4.39 Å². The zero-order valence-electron chi connectivity index (χ0n) is 14.9. The summed E-state index contributed by atoms with van der Waals surface area (Å²) < 4.78 is 14.8. The van der Waals surface area contributed by atoms with Crippen LogP contribution in [0.4, 0.5) is 4.39 Å². The third kappa shape index (κ3) is 3.11. The van der Waals surface area contributed by atoms with Crippen LogP contribution in [-0.4, -0.2) is 9.88 Å². The maximum Gasteiger partial charge on any atom is 0.128 e. The molecule has 0 saturated heterocycles. The minimum Gasteiger partial charge on any atom is -0.290 e. The van der Waals surface area contributed by atoms with Gasteiger partial charge in [0, 0.05) is 43.0 Å². The van der Waals surface area contributed by atoms with Gasteiger partial charge in [-0.25, -0.2) is 4.39 Å². The zero-order valence-corrected chi connectivity index (χ0v) is 14.9. The van der Waals surface area contributed by atoms with Crippen LogP contribution in [-0.2, 0) is 19.6 Å². The first kappa shape index (κ1) is 16.2. The van der Waals surface area contributed by atoms with Crippen LogP contribution in [0.2, 0.25) is 0 Å². The molecule has 2 nitrogen and oxygen atoms in total. The van der Waals surface area contributed by atoms with E-state index >= 15 is 0 Å². The monoisotopic (exact) mass is 354 g/mol. The van der Waals surface area contributed by atoms with E-state index in [-0.39, 0.29) is 5.82 Å². The van der Waals surface area contributed by atoms with Crippen LogP contribution in [0.1, 0.15) is 16.7 Å². The predicted molar refractivity (Wildman–Crippen MR) is 107 cm³/mol. The van der Waals surface area contributed by atoms with E-state index in [2.05, 4.69) is 40.2 Å². The lowest BCUT2D eigenvalue weighted by Crippen LogP contribution is -2.16. The molecule has 132 valence electrons. The van der Waals surface area contributed by atoms with Gasteiger partial charge in [-0.2, -0.15) is 0 Å². The molecule has 0 aliphatic carbocycles. The Bertz CT molecular complexity index is 1110. The Labute approximate surface area is 157 Å². The number of pyridine rings is 1. The Morgan fingerprint density at radius 1 is 0.815 bits per heavy atom. The van der Waals surface area contributed by atoms with E-state index in [4.69, 9.17) is 0 Å². The molecule has 0 bridgehead atoms. The number of aromatic nitrogens is 1. The highest BCUT2D eigenvalue weighted by molar-refractivity contribution is 5.86. The summed E-state index contributed by atoms with van der Waals surface area (Å²) in [4.78, 5) is 6.42. The van der Waals surface area contributed by atoms with Gasteiger partial charge >= 0.3 is 0 Å². The van der Waals surface area contributed by atoms with E-state index in [0.717, 1.165) is 40.6 Å². The molecule has 5 rings (SSSR count). The van der Waals surface area contributed by atoms with Gasteiger partial charge in [0.15, 0.2) is 0 Å². The number of hydrogen-bond donors (Lipinski definition) is 0. The van der Waals surface area contributed by atoms with Gasteiger partial charge in [0.25, 0.3) is 0 Å². The Morgan fingerprint density at radius 2 is 1.56 bits per heavy atom. The van der Waals surface area contributed by atoms with Crippen LogP contribution >= 0.6 is 0 Å². The van der Waals surface area contributed by atoms with Crippen LogP contribution in [0.15, 0.2) is 79.1 Å². The molecule has 2 heterocycles. The number of fused-ring (bicyclic) bond motifs is 2. The second kappa shape index (κ2) is 6.60. The molecule has 0 N–H and O–H groups in total. The van der Waals surface area contributed by atoms with Crippen LogP contribution in [0.5, 0.6) is 0 Å². The van der Waals surface area contributed by atoms with Crippen LogP contribution in [0.3, 0.4) is 0 Å². The van der Waals surface area contributed by atoms with Gasteiger partial charge in [-0.05, 0) is 45.8 Å². The quantitative estimate of drug-likeness (QED) is 0.479. The molecule has 0 fully saturated rings. The fraction of sp³-hybridized carbons (Fsp3) is 0.125. The van der Waals surface area contributed by atoms with E-state index < -0.39 is 0 Å². The van der Waals surface area contributed by atoms with Crippen molar-refractivity contribution in [3.63, 3.8) is 0 Å². The lowest BCUT2D eigenvalue weighted by molar-refractivity contribution is 0.271. The molecule has 1 aliphatic heterocycles. The minimum absolute atomic E-state index is 0.140. The van der Waals surface area contributed by atoms with Gasteiger partial charge in [-0.15, -0.1) is 0 Å². The summed E-state index contributed by atoms with van der Waals surface area (Å²) in [5, 5.41) is 2.20. The first-order valence-electron chi connectivity index (χ1n) is 9.18. The third-order valence-electron chi connectivity index (χ3n) is 5.33. The Kier molecular flexibility index (Phi) is 3.95. The van der Waals surface area contributed by atoms with Crippen molar-refractivity contribution in [3.8, 4) is 11.1 Å². The van der Waals surface area contributed by atoms with Crippen molar-refractivity contribution >= 4 is 10.8 Å². The molecular formula is C24H19FN2. The summed E-state index contributed by atoms with van der Waals surface area (Å²) in [6.07, 6.45) is 3.63. The molecule has 1 aromatic heterocycles. The predicted octanol–water partition coefficient (Wildman–Crippen LogP) is 5.56. The highest BCUT2D eigenvalue weighted by atomic mass is 19.1. The standard InChI is InChI=1S/C24H19FN2/c25-24-12-18(17-5-7-20-13-26-10-9-19(20)11-17)6-8-23(24)16-27-14-21-3-1-2-4-22(21)15-27/h1-13H,14-16H2. The summed E-state index contributed by atoms with van der Waals surface area (Å²) in [6.45, 7) is 2.40. The molecule has 3 heteroatoms. The number of halogens is 1. The van der Waals surface area contributed by atoms with E-state index in [1.54, 1.807) is 12.3 Å². The summed E-state index contributed by atoms with van der Waals surface area (Å²) in [7, 11) is 0. The second-order valence-electron chi connectivity index (χ2n) is 7.16. The third-order valence-corrected chi connectivity index (χ3v) is 5.33. The Hall–Kier alpha value is -3.04. The Balaban J connectivity index is 1.39. The van der Waals surface area contributed by atoms with Gasteiger partial charge in [-0.1, -0.05) is 48.5 Å². The second-order valence-corrected chi connectivity index (χ2v) is 7.16. The van der Waals surface area contributed by atoms with Crippen molar-refractivity contribution < 1.29 is 4.39 Å². The molecule has 27 heavy (non-hydrogen) atoms. The zero-order chi connectivity index (χ0) is 18.2. The van der Waals surface area contributed by atoms with Crippen LogP contribution in [0.25, 0.3) is 21.9 Å². The number of rotatable bonds is 3. The van der Waals surface area contributed by atoms with Gasteiger partial charge in [0.2, 0.25) is 0 Å². The first-order valence-corrected chi connectivity index (χ1v) is 9.18. The Morgan fingerprint density at radius 3 is 2.33 bits per heavy atom. The molecule has 3 aromatic carbocycles. The highest BCUT2D eigenvalue weighted by Gasteiger charge is 2.19.